The Balaban J connectivity index is 1.40. The van der Waals surface area contributed by atoms with Crippen LogP contribution in [0.2, 0.25) is 5.02 Å². The number of benzene rings is 2. The van der Waals surface area contributed by atoms with E-state index in [0.29, 0.717) is 17.2 Å². The van der Waals surface area contributed by atoms with Crippen molar-refractivity contribution in [3.05, 3.63) is 82.8 Å². The molecule has 0 radical (unpaired) electrons. The Morgan fingerprint density at radius 3 is 2.56 bits per heavy atom. The molecule has 192 valence electrons. The zero-order chi connectivity index (χ0) is 25.7. The van der Waals surface area contributed by atoms with Crippen LogP contribution in [0, 0.1) is 5.82 Å². The maximum absolute atomic E-state index is 14.9. The summed E-state index contributed by atoms with van der Waals surface area (Å²) in [7, 11) is -0.145. The number of anilines is 1. The third-order valence-electron chi connectivity index (χ3n) is 6.52. The number of nitrogens with one attached hydrogen (secondary N) is 1. The average molecular weight is 532 g/mol. The molecule has 0 amide bonds. The van der Waals surface area contributed by atoms with Gasteiger partial charge in [-0.3, -0.25) is 4.72 Å². The van der Waals surface area contributed by atoms with E-state index in [0.717, 1.165) is 49.3 Å². The van der Waals surface area contributed by atoms with Crippen LogP contribution >= 0.6 is 11.6 Å². The smallest absolute Gasteiger partial charge is 0.265 e. The lowest BCUT2D eigenvalue weighted by Crippen LogP contribution is -2.44. The van der Waals surface area contributed by atoms with E-state index < -0.39 is 20.7 Å². The van der Waals surface area contributed by atoms with Crippen LogP contribution in [0.25, 0.3) is 0 Å². The fraction of sp³-hybridized carbons (Fsp3) is 0.370. The minimum absolute atomic E-state index is 0.0608. The van der Waals surface area contributed by atoms with Gasteiger partial charge in [-0.05, 0) is 81.6 Å². The van der Waals surface area contributed by atoms with Gasteiger partial charge in [-0.2, -0.15) is 0 Å². The summed E-state index contributed by atoms with van der Waals surface area (Å²) in [5, 5.41) is 0.713. The molecule has 1 N–H and O–H groups in total. The first-order valence-electron chi connectivity index (χ1n) is 12.1. The molecule has 6 nitrogen and oxygen atoms in total. The van der Waals surface area contributed by atoms with Crippen LogP contribution in [0.15, 0.2) is 65.7 Å². The van der Waals surface area contributed by atoms with Crippen molar-refractivity contribution in [2.75, 3.05) is 18.8 Å². The maximum Gasteiger partial charge on any atom is 0.265 e. The molecule has 1 heterocycles. The van der Waals surface area contributed by atoms with Crippen molar-refractivity contribution in [2.24, 2.45) is 0 Å². The Labute approximate surface area is 217 Å². The van der Waals surface area contributed by atoms with E-state index in [-0.39, 0.29) is 18.0 Å². The van der Waals surface area contributed by atoms with Gasteiger partial charge in [-0.15, -0.1) is 0 Å². The quantitative estimate of drug-likeness (QED) is 0.383. The number of hydrogen-bond acceptors (Lipinski definition) is 5. The normalized spacial score (nSPS) is 18.2. The Morgan fingerprint density at radius 2 is 1.86 bits per heavy atom. The summed E-state index contributed by atoms with van der Waals surface area (Å²) >= 11 is 6.20. The molecule has 0 spiro atoms. The lowest BCUT2D eigenvalue weighted by Gasteiger charge is -2.36. The van der Waals surface area contributed by atoms with Crippen LogP contribution < -0.4 is 9.46 Å². The Bertz CT molecular complexity index is 1290. The van der Waals surface area contributed by atoms with E-state index in [1.54, 1.807) is 18.3 Å². The number of sulfonamides is 1. The van der Waals surface area contributed by atoms with Crippen LogP contribution in [0.5, 0.6) is 5.75 Å². The monoisotopic (exact) mass is 531 g/mol. The molecule has 9 heteroatoms. The summed E-state index contributed by atoms with van der Waals surface area (Å²) in [5.74, 6) is -0.424. The van der Waals surface area contributed by atoms with Gasteiger partial charge in [0.1, 0.15) is 28.4 Å². The molecule has 36 heavy (non-hydrogen) atoms. The van der Waals surface area contributed by atoms with Crippen LogP contribution in [-0.2, 0) is 22.9 Å². The number of ether oxygens (including phenoxy) is 1. The highest BCUT2D eigenvalue weighted by molar-refractivity contribution is 7.92. The van der Waals surface area contributed by atoms with E-state index in [4.69, 9.17) is 16.3 Å². The molecule has 0 unspecified atom stereocenters. The molecule has 0 saturated heterocycles. The van der Waals surface area contributed by atoms with Crippen molar-refractivity contribution < 1.29 is 17.5 Å². The number of pyridine rings is 1. The van der Waals surface area contributed by atoms with Gasteiger partial charge >= 0.3 is 0 Å². The molecule has 2 atom stereocenters. The topological polar surface area (TPSA) is 71.5 Å². The first-order valence-corrected chi connectivity index (χ1v) is 13.9. The van der Waals surface area contributed by atoms with Gasteiger partial charge in [-0.1, -0.05) is 42.3 Å². The second-order valence-corrected chi connectivity index (χ2v) is 11.4. The van der Waals surface area contributed by atoms with Gasteiger partial charge in [0.2, 0.25) is 0 Å². The molecule has 0 bridgehead atoms. The molecule has 1 aromatic heterocycles. The standard InChI is InChI=1S/C27H31ClFN3O3S/c1-32(2)24-9-5-6-10-25(24)35-21-14-15-26(23(29)17-21)36(33,34)31-27-16-12-19(18-30-27)11-13-20-7-3-4-8-22(20)28/h3-4,7-8,12,14-18,24-25H,5-6,9-11,13H2,1-2H3,(H,30,31)/t24-,25-/m0/s1. The predicted octanol–water partition coefficient (Wildman–Crippen LogP) is 5.71. The molecular weight excluding hydrogens is 501 g/mol. The number of aromatic nitrogens is 1. The summed E-state index contributed by atoms with van der Waals surface area (Å²) in [6, 6.07) is 15.1. The van der Waals surface area contributed by atoms with E-state index in [2.05, 4.69) is 14.6 Å². The average Bonchev–Trinajstić information content (AvgIpc) is 2.84. The van der Waals surface area contributed by atoms with E-state index >= 15 is 0 Å². The summed E-state index contributed by atoms with van der Waals surface area (Å²) in [6.45, 7) is 0. The van der Waals surface area contributed by atoms with Gasteiger partial charge in [0.25, 0.3) is 10.0 Å². The summed E-state index contributed by atoms with van der Waals surface area (Å²) in [5.41, 5.74) is 1.97. The number of nitrogens with zero attached hydrogens (tertiary/aromatic N) is 2. The molecule has 0 aliphatic heterocycles. The van der Waals surface area contributed by atoms with Crippen molar-refractivity contribution in [3.63, 3.8) is 0 Å². The molecule has 4 rings (SSSR count). The Morgan fingerprint density at radius 1 is 1.08 bits per heavy atom. The number of hydrogen-bond donors (Lipinski definition) is 1. The van der Waals surface area contributed by atoms with Gasteiger partial charge in [0.05, 0.1) is 0 Å². The highest BCUT2D eigenvalue weighted by atomic mass is 35.5. The lowest BCUT2D eigenvalue weighted by atomic mass is 9.91. The largest absolute Gasteiger partial charge is 0.489 e. The van der Waals surface area contributed by atoms with Crippen LogP contribution in [0.4, 0.5) is 10.2 Å². The zero-order valence-corrected chi connectivity index (χ0v) is 22.0. The SMILES string of the molecule is CN(C)[C@H]1CCCC[C@@H]1Oc1ccc(S(=O)(=O)Nc2ccc(CCc3ccccc3Cl)cn2)c(F)c1. The van der Waals surface area contributed by atoms with Crippen molar-refractivity contribution in [2.45, 2.75) is 55.6 Å². The highest BCUT2D eigenvalue weighted by Crippen LogP contribution is 2.29. The number of rotatable bonds is 9. The van der Waals surface area contributed by atoms with Gasteiger partial charge < -0.3 is 9.64 Å². The molecule has 1 aliphatic rings. The third-order valence-corrected chi connectivity index (χ3v) is 8.27. The van der Waals surface area contributed by atoms with Gasteiger partial charge in [-0.25, -0.2) is 17.8 Å². The zero-order valence-electron chi connectivity index (χ0n) is 20.5. The maximum atomic E-state index is 14.9. The van der Waals surface area contributed by atoms with Crippen molar-refractivity contribution in [1.82, 2.24) is 9.88 Å². The van der Waals surface area contributed by atoms with E-state index in [9.17, 15) is 12.8 Å². The van der Waals surface area contributed by atoms with Crippen LogP contribution in [-0.4, -0.2) is 44.5 Å². The fourth-order valence-corrected chi connectivity index (χ4v) is 5.86. The Hall–Kier alpha value is -2.68. The van der Waals surface area contributed by atoms with Gasteiger partial charge in [0.15, 0.2) is 0 Å². The van der Waals surface area contributed by atoms with E-state index in [1.807, 2.05) is 38.4 Å². The molecule has 1 saturated carbocycles. The van der Waals surface area contributed by atoms with Gasteiger partial charge in [0, 0.05) is 23.3 Å². The summed E-state index contributed by atoms with van der Waals surface area (Å²) < 4.78 is 49.0. The first-order chi connectivity index (χ1) is 17.2. The lowest BCUT2D eigenvalue weighted by molar-refractivity contribution is 0.0620. The molecule has 1 fully saturated rings. The summed E-state index contributed by atoms with van der Waals surface area (Å²) in [6.07, 6.45) is 7.07. The van der Waals surface area contributed by atoms with Crippen LogP contribution in [0.1, 0.15) is 36.8 Å². The summed E-state index contributed by atoms with van der Waals surface area (Å²) in [4.78, 5) is 5.87. The molecular formula is C27H31ClFN3O3S. The highest BCUT2D eigenvalue weighted by Gasteiger charge is 2.29. The van der Waals surface area contributed by atoms with Crippen molar-refractivity contribution in [1.29, 1.82) is 0 Å². The minimum atomic E-state index is -4.16. The van der Waals surface area contributed by atoms with E-state index in [1.165, 1.54) is 12.1 Å². The molecule has 3 aromatic rings. The number of aryl methyl sites for hydroxylation is 2. The third kappa shape index (κ3) is 6.55. The minimum Gasteiger partial charge on any atom is -0.489 e. The Kier molecular flexibility index (Phi) is 8.49. The molecule has 2 aromatic carbocycles. The van der Waals surface area contributed by atoms with Crippen molar-refractivity contribution in [3.8, 4) is 5.75 Å². The number of halogens is 2. The number of likely N-dealkylation sites (N-methyl/N-ethyl adjacent to an activating group) is 1. The second kappa shape index (κ2) is 11.6. The second-order valence-electron chi connectivity index (χ2n) is 9.31. The molecule has 1 aliphatic carbocycles. The predicted molar refractivity (Wildman–Crippen MR) is 141 cm³/mol. The van der Waals surface area contributed by atoms with Crippen LogP contribution in [0.3, 0.4) is 0 Å². The first kappa shape index (κ1) is 26.4. The fourth-order valence-electron chi connectivity index (χ4n) is 4.56. The van der Waals surface area contributed by atoms with Crippen molar-refractivity contribution >= 4 is 27.4 Å².